The van der Waals surface area contributed by atoms with Crippen LogP contribution >= 0.6 is 0 Å². The summed E-state index contributed by atoms with van der Waals surface area (Å²) in [6.07, 6.45) is 2.82. The molecule has 0 aliphatic carbocycles. The van der Waals surface area contributed by atoms with Gasteiger partial charge < -0.3 is 9.47 Å². The van der Waals surface area contributed by atoms with Gasteiger partial charge in [-0.3, -0.25) is 0 Å². The highest BCUT2D eigenvalue weighted by atomic mass is 16.6. The van der Waals surface area contributed by atoms with Crippen LogP contribution < -0.4 is 0 Å². The van der Waals surface area contributed by atoms with E-state index in [0.29, 0.717) is 6.10 Å². The highest BCUT2D eigenvalue weighted by molar-refractivity contribution is 5.17. The Labute approximate surface area is 91.2 Å². The van der Waals surface area contributed by atoms with Crippen LogP contribution in [-0.2, 0) is 9.47 Å². The maximum atomic E-state index is 5.87. The van der Waals surface area contributed by atoms with Crippen LogP contribution in [0.15, 0.2) is 30.3 Å². The van der Waals surface area contributed by atoms with Crippen molar-refractivity contribution in [1.29, 1.82) is 0 Å². The zero-order valence-corrected chi connectivity index (χ0v) is 9.19. The Hall–Kier alpha value is -0.860. The Balaban J connectivity index is 1.91. The second-order valence-corrected chi connectivity index (χ2v) is 3.98. The minimum atomic E-state index is 0.236. The molecule has 15 heavy (non-hydrogen) atoms. The van der Waals surface area contributed by atoms with Gasteiger partial charge in [0.1, 0.15) is 6.10 Å². The van der Waals surface area contributed by atoms with E-state index < -0.39 is 0 Å². The van der Waals surface area contributed by atoms with Gasteiger partial charge in [-0.2, -0.15) is 0 Å². The smallest absolute Gasteiger partial charge is 0.104 e. The van der Waals surface area contributed by atoms with Crippen molar-refractivity contribution in [3.8, 4) is 0 Å². The van der Waals surface area contributed by atoms with E-state index in [-0.39, 0.29) is 6.10 Å². The third-order valence-electron chi connectivity index (χ3n) is 2.61. The molecule has 82 valence electrons. The summed E-state index contributed by atoms with van der Waals surface area (Å²) in [4.78, 5) is 0. The highest BCUT2D eigenvalue weighted by Gasteiger charge is 2.24. The Morgan fingerprint density at radius 3 is 2.73 bits per heavy atom. The van der Waals surface area contributed by atoms with Crippen LogP contribution in [0.5, 0.6) is 0 Å². The lowest BCUT2D eigenvalue weighted by molar-refractivity contribution is 0.0359. The van der Waals surface area contributed by atoms with Gasteiger partial charge in [0.05, 0.1) is 19.3 Å². The predicted molar refractivity (Wildman–Crippen MR) is 59.8 cm³/mol. The Morgan fingerprint density at radius 2 is 2.13 bits per heavy atom. The number of rotatable bonds is 6. The van der Waals surface area contributed by atoms with E-state index >= 15 is 0 Å². The molecule has 0 unspecified atom stereocenters. The van der Waals surface area contributed by atoms with Gasteiger partial charge in [0.2, 0.25) is 0 Å². The fraction of sp³-hybridized carbons (Fsp3) is 0.538. The van der Waals surface area contributed by atoms with Gasteiger partial charge in [0, 0.05) is 0 Å². The van der Waals surface area contributed by atoms with Crippen molar-refractivity contribution < 1.29 is 9.47 Å². The van der Waals surface area contributed by atoms with Crippen molar-refractivity contribution in [1.82, 2.24) is 0 Å². The van der Waals surface area contributed by atoms with Crippen molar-refractivity contribution in [3.05, 3.63) is 35.9 Å². The molecule has 0 radical (unpaired) electrons. The van der Waals surface area contributed by atoms with Crippen LogP contribution in [0.3, 0.4) is 0 Å². The minimum Gasteiger partial charge on any atom is -0.371 e. The summed E-state index contributed by atoms with van der Waals surface area (Å²) in [5.74, 6) is 0. The molecule has 0 aromatic heterocycles. The van der Waals surface area contributed by atoms with E-state index in [4.69, 9.17) is 9.47 Å². The molecule has 0 bridgehead atoms. The zero-order chi connectivity index (χ0) is 10.5. The summed E-state index contributed by atoms with van der Waals surface area (Å²) >= 11 is 0. The number of benzene rings is 1. The summed E-state index contributed by atoms with van der Waals surface area (Å²) < 4.78 is 11.0. The number of hydrogen-bond donors (Lipinski definition) is 0. The van der Waals surface area contributed by atoms with Gasteiger partial charge in [0.15, 0.2) is 0 Å². The first kappa shape index (κ1) is 10.7. The molecule has 1 heterocycles. The molecule has 1 saturated heterocycles. The third kappa shape index (κ3) is 3.33. The fourth-order valence-electron chi connectivity index (χ4n) is 1.66. The maximum absolute atomic E-state index is 5.87. The second kappa shape index (κ2) is 5.29. The molecule has 1 aliphatic heterocycles. The van der Waals surface area contributed by atoms with Crippen molar-refractivity contribution in [3.63, 3.8) is 0 Å². The molecule has 2 nitrogen and oxygen atoms in total. The van der Waals surface area contributed by atoms with Gasteiger partial charge in [-0.15, -0.1) is 0 Å². The first-order valence-electron chi connectivity index (χ1n) is 5.68. The minimum absolute atomic E-state index is 0.236. The van der Waals surface area contributed by atoms with Gasteiger partial charge in [0.25, 0.3) is 0 Å². The van der Waals surface area contributed by atoms with E-state index in [1.807, 2.05) is 6.07 Å². The lowest BCUT2D eigenvalue weighted by Crippen LogP contribution is -2.08. The summed E-state index contributed by atoms with van der Waals surface area (Å²) in [6, 6.07) is 10.4. The van der Waals surface area contributed by atoms with Gasteiger partial charge in [-0.1, -0.05) is 43.7 Å². The number of hydrogen-bond acceptors (Lipinski definition) is 2. The molecule has 0 spiro atoms. The lowest BCUT2D eigenvalue weighted by Gasteiger charge is -2.16. The van der Waals surface area contributed by atoms with Crippen LogP contribution in [0.25, 0.3) is 0 Å². The van der Waals surface area contributed by atoms with Crippen molar-refractivity contribution in [2.24, 2.45) is 0 Å². The lowest BCUT2D eigenvalue weighted by atomic mass is 10.1. The monoisotopic (exact) mass is 206 g/mol. The van der Waals surface area contributed by atoms with Crippen molar-refractivity contribution in [2.75, 3.05) is 13.2 Å². The zero-order valence-electron chi connectivity index (χ0n) is 9.19. The largest absolute Gasteiger partial charge is 0.371 e. The average molecular weight is 206 g/mol. The van der Waals surface area contributed by atoms with Crippen LogP contribution in [0.2, 0.25) is 0 Å². The number of epoxide rings is 1. The van der Waals surface area contributed by atoms with Crippen molar-refractivity contribution >= 4 is 0 Å². The normalized spacial score (nSPS) is 21.3. The Morgan fingerprint density at radius 1 is 1.40 bits per heavy atom. The van der Waals surface area contributed by atoms with Crippen LogP contribution in [0.4, 0.5) is 0 Å². The molecule has 2 heteroatoms. The molecular formula is C13H18O2. The summed E-state index contributed by atoms with van der Waals surface area (Å²) in [5, 5.41) is 0. The predicted octanol–water partition coefficient (Wildman–Crippen LogP) is 2.94. The molecule has 0 saturated carbocycles. The maximum Gasteiger partial charge on any atom is 0.104 e. The van der Waals surface area contributed by atoms with Gasteiger partial charge in [-0.25, -0.2) is 0 Å². The van der Waals surface area contributed by atoms with Crippen molar-refractivity contribution in [2.45, 2.75) is 32.0 Å². The second-order valence-electron chi connectivity index (χ2n) is 3.98. The van der Waals surface area contributed by atoms with E-state index in [2.05, 4.69) is 31.2 Å². The quantitative estimate of drug-likeness (QED) is 0.667. The van der Waals surface area contributed by atoms with E-state index in [0.717, 1.165) is 26.1 Å². The molecule has 2 atom stereocenters. The van der Waals surface area contributed by atoms with Crippen LogP contribution in [0.1, 0.15) is 31.4 Å². The third-order valence-corrected chi connectivity index (χ3v) is 2.61. The SMILES string of the molecule is CCC[C@@H](OC[C@H]1CO1)c1ccccc1. The molecular weight excluding hydrogens is 188 g/mol. The van der Waals surface area contributed by atoms with E-state index in [9.17, 15) is 0 Å². The molecule has 0 amide bonds. The van der Waals surface area contributed by atoms with Crippen LogP contribution in [-0.4, -0.2) is 19.3 Å². The fourth-order valence-corrected chi connectivity index (χ4v) is 1.66. The Kier molecular flexibility index (Phi) is 3.75. The number of ether oxygens (including phenoxy) is 2. The molecule has 1 aromatic carbocycles. The van der Waals surface area contributed by atoms with Gasteiger partial charge in [-0.05, 0) is 12.0 Å². The first-order chi connectivity index (χ1) is 7.40. The first-order valence-corrected chi connectivity index (χ1v) is 5.68. The molecule has 1 aromatic rings. The van der Waals surface area contributed by atoms with E-state index in [1.54, 1.807) is 0 Å². The summed E-state index contributed by atoms with van der Waals surface area (Å²) in [7, 11) is 0. The summed E-state index contributed by atoms with van der Waals surface area (Å²) in [5.41, 5.74) is 1.28. The molecule has 1 fully saturated rings. The van der Waals surface area contributed by atoms with Gasteiger partial charge >= 0.3 is 0 Å². The standard InChI is InChI=1S/C13H18O2/c1-2-6-13(15-10-12-9-14-12)11-7-4-3-5-8-11/h3-5,7-8,12-13H,2,6,9-10H2,1H3/t12-,13-/m1/s1. The summed E-state index contributed by atoms with van der Waals surface area (Å²) in [6.45, 7) is 3.79. The Bertz CT molecular complexity index is 280. The topological polar surface area (TPSA) is 21.8 Å². The van der Waals surface area contributed by atoms with Crippen LogP contribution in [0, 0.1) is 0 Å². The molecule has 0 N–H and O–H groups in total. The molecule has 1 aliphatic rings. The van der Waals surface area contributed by atoms with E-state index in [1.165, 1.54) is 5.56 Å². The highest BCUT2D eigenvalue weighted by Crippen LogP contribution is 2.24. The average Bonchev–Trinajstić information content (AvgIpc) is 3.09. The molecule has 2 rings (SSSR count).